The van der Waals surface area contributed by atoms with E-state index in [-0.39, 0.29) is 0 Å². The van der Waals surface area contributed by atoms with Crippen LogP contribution in [0.3, 0.4) is 0 Å². The van der Waals surface area contributed by atoms with Crippen LogP contribution in [0.1, 0.15) is 138 Å². The third-order valence-corrected chi connectivity index (χ3v) is 17.3. The number of benzene rings is 4. The first-order chi connectivity index (χ1) is 45.1. The number of nitrogens with zero attached hydrogens (tertiary/aromatic N) is 10. The molecule has 0 aliphatic heterocycles. The van der Waals surface area contributed by atoms with Gasteiger partial charge >= 0.3 is 0 Å². The molecule has 4 aliphatic rings. The van der Waals surface area contributed by atoms with E-state index in [9.17, 15) is 0 Å². The summed E-state index contributed by atoms with van der Waals surface area (Å²) in [5.41, 5.74) is 17.0. The van der Waals surface area contributed by atoms with Crippen molar-refractivity contribution in [2.45, 2.75) is 150 Å². The Balaban J connectivity index is 0.000000126. The van der Waals surface area contributed by atoms with Gasteiger partial charge in [-0.05, 0) is 226 Å². The summed E-state index contributed by atoms with van der Waals surface area (Å²) in [6.07, 6.45) is 24.8. The maximum atomic E-state index is 6.52. The minimum atomic E-state index is 0.464. The van der Waals surface area contributed by atoms with Gasteiger partial charge in [0.15, 0.2) is 5.82 Å². The summed E-state index contributed by atoms with van der Waals surface area (Å²) >= 11 is 0. The van der Waals surface area contributed by atoms with Gasteiger partial charge in [0.05, 0.1) is 28.8 Å². The summed E-state index contributed by atoms with van der Waals surface area (Å²) < 4.78 is 25.4. The molecule has 92 heavy (non-hydrogen) atoms. The number of ether oxygens (including phenoxy) is 3. The molecule has 0 amide bonds. The lowest BCUT2D eigenvalue weighted by Crippen LogP contribution is -2.15. The molecular formula is C76H81N13O3. The number of aryl methyl sites for hydroxylation is 8. The summed E-state index contributed by atoms with van der Waals surface area (Å²) in [6, 6.07) is 51.1. The molecule has 0 saturated heterocycles. The highest BCUT2D eigenvalue weighted by Crippen LogP contribution is 2.41. The fourth-order valence-corrected chi connectivity index (χ4v) is 12.8. The monoisotopic (exact) mass is 1220 g/mol. The Bertz CT molecular complexity index is 4160. The van der Waals surface area contributed by atoms with E-state index in [1.165, 1.54) is 102 Å². The maximum absolute atomic E-state index is 6.52. The molecule has 468 valence electrons. The van der Waals surface area contributed by atoms with Crippen molar-refractivity contribution in [3.8, 4) is 46.4 Å². The molecule has 3 N–H and O–H groups in total. The van der Waals surface area contributed by atoms with Gasteiger partial charge in [0, 0.05) is 76.2 Å². The first-order valence-corrected chi connectivity index (χ1v) is 32.8. The number of rotatable bonds is 15. The van der Waals surface area contributed by atoms with Crippen LogP contribution >= 0.6 is 0 Å². The zero-order valence-electron chi connectivity index (χ0n) is 53.5. The van der Waals surface area contributed by atoms with E-state index in [1.807, 2.05) is 101 Å². The molecule has 15 rings (SSSR count). The summed E-state index contributed by atoms with van der Waals surface area (Å²) in [5, 5.41) is 24.9. The van der Waals surface area contributed by atoms with Crippen molar-refractivity contribution in [3.05, 3.63) is 232 Å². The number of fused-ring (bicyclic) bond motifs is 3. The average Bonchev–Trinajstić information content (AvgIpc) is 1.72. The summed E-state index contributed by atoms with van der Waals surface area (Å²) in [7, 11) is 0. The van der Waals surface area contributed by atoms with Gasteiger partial charge in [0.1, 0.15) is 34.7 Å². The molecular weight excluding hydrogens is 1140 g/mol. The van der Waals surface area contributed by atoms with Crippen LogP contribution in [0.5, 0.6) is 34.9 Å². The Hall–Kier alpha value is -10.1. The highest BCUT2D eigenvalue weighted by molar-refractivity contribution is 5.61. The second-order valence-electron chi connectivity index (χ2n) is 24.8. The van der Waals surface area contributed by atoms with Crippen LogP contribution in [0.25, 0.3) is 11.5 Å². The molecule has 1 saturated carbocycles. The van der Waals surface area contributed by atoms with E-state index in [2.05, 4.69) is 135 Å². The van der Waals surface area contributed by atoms with Gasteiger partial charge in [-0.2, -0.15) is 20.0 Å². The van der Waals surface area contributed by atoms with E-state index < -0.39 is 0 Å². The van der Waals surface area contributed by atoms with E-state index in [1.54, 1.807) is 18.6 Å². The molecule has 0 radical (unpaired) electrons. The predicted octanol–water partition coefficient (Wildman–Crippen LogP) is 18.5. The van der Waals surface area contributed by atoms with Gasteiger partial charge < -0.3 is 30.2 Å². The standard InChI is InChI=1S/C26H26N4O.C25H25N5O.C25H30N4O/c1-18-7-5-9-20(15-18)28-25-17-22(13-14-27-25)31-26-23-11-3-4-12-24(23)29-30(26)21-10-6-8-19(2)16-21;1-17-7-5-9-19(15-17)28-23-16-20(13-14-26-23)31-25-21-10-3-4-11-22(21)29-30(25)24-12-6-8-18(2)27-24;1-18-8-7-9-19(16-18)27-24-17-21(14-15-26-24)30-25-22-12-5-6-13-23(22)28-29(25)20-10-3-2-4-11-20/h5-10,13-17H,3-4,11-12H2,1-2H3,(H,27,28);5-9,12-16H,3-4,10-11H2,1-2H3,(H,26,28);7-9,14-17,20H,2-6,10-13H2,1H3,(H,26,27). The van der Waals surface area contributed by atoms with Crippen molar-refractivity contribution in [1.82, 2.24) is 49.3 Å². The quantitative estimate of drug-likeness (QED) is 0.0887. The molecule has 16 nitrogen and oxygen atoms in total. The highest BCUT2D eigenvalue weighted by Gasteiger charge is 2.29. The van der Waals surface area contributed by atoms with Gasteiger partial charge in [-0.25, -0.2) is 29.3 Å². The van der Waals surface area contributed by atoms with Crippen molar-refractivity contribution in [3.63, 3.8) is 0 Å². The number of nitrogens with one attached hydrogen (secondary N) is 3. The minimum Gasteiger partial charge on any atom is -0.439 e. The average molecular weight is 1220 g/mol. The first-order valence-electron chi connectivity index (χ1n) is 32.8. The third-order valence-electron chi connectivity index (χ3n) is 17.3. The van der Waals surface area contributed by atoms with E-state index in [0.29, 0.717) is 11.8 Å². The molecule has 16 heteroatoms. The highest BCUT2D eigenvalue weighted by atomic mass is 16.5. The number of pyridine rings is 4. The maximum Gasteiger partial charge on any atom is 0.227 e. The van der Waals surface area contributed by atoms with Crippen molar-refractivity contribution in [2.75, 3.05) is 16.0 Å². The van der Waals surface area contributed by atoms with Crippen molar-refractivity contribution < 1.29 is 14.2 Å². The Kier molecular flexibility index (Phi) is 18.8. The van der Waals surface area contributed by atoms with Crippen LogP contribution in [0.2, 0.25) is 0 Å². The lowest BCUT2D eigenvalue weighted by atomic mass is 9.95. The number of anilines is 6. The van der Waals surface area contributed by atoms with Gasteiger partial charge in [-0.3, -0.25) is 0 Å². The molecule has 4 aromatic carbocycles. The Labute approximate surface area is 539 Å². The fourth-order valence-electron chi connectivity index (χ4n) is 12.8. The molecule has 1 fully saturated rings. The molecule has 7 aromatic heterocycles. The molecule has 0 atom stereocenters. The fraction of sp³-hybridized carbons (Fsp3) is 0.303. The largest absolute Gasteiger partial charge is 0.439 e. The SMILES string of the molecule is Cc1cccc(Nc2cc(Oc3c4c(nn3-c3cccc(C)c3)CCCC4)ccn2)c1.Cc1cccc(Nc2cc(Oc3c4c(nn3-c3cccc(C)n3)CCCC4)ccn2)c1.Cc1cccc(Nc2cc(Oc3c4c(nn3C3CCCCC3)CCCC4)ccn2)c1. The minimum absolute atomic E-state index is 0.464. The Morgan fingerprint density at radius 3 is 1.27 bits per heavy atom. The third kappa shape index (κ3) is 14.9. The van der Waals surface area contributed by atoms with Gasteiger partial charge in [-0.15, -0.1) is 0 Å². The second-order valence-corrected chi connectivity index (χ2v) is 24.8. The number of aromatic nitrogens is 10. The van der Waals surface area contributed by atoms with E-state index in [4.69, 9.17) is 29.5 Å². The zero-order valence-corrected chi connectivity index (χ0v) is 53.5. The molecule has 0 unspecified atom stereocenters. The van der Waals surface area contributed by atoms with E-state index >= 15 is 0 Å². The molecule has 4 aliphatic carbocycles. The summed E-state index contributed by atoms with van der Waals surface area (Å²) in [4.78, 5) is 18.1. The molecule has 0 bridgehead atoms. The van der Waals surface area contributed by atoms with Crippen LogP contribution in [0.15, 0.2) is 170 Å². The smallest absolute Gasteiger partial charge is 0.227 e. The van der Waals surface area contributed by atoms with Crippen molar-refractivity contribution in [2.24, 2.45) is 0 Å². The number of hydrogen-bond donors (Lipinski definition) is 3. The normalized spacial score (nSPS) is 14.2. The predicted molar refractivity (Wildman–Crippen MR) is 365 cm³/mol. The van der Waals surface area contributed by atoms with Gasteiger partial charge in [0.25, 0.3) is 0 Å². The number of hydrogen-bond acceptors (Lipinski definition) is 13. The van der Waals surface area contributed by atoms with Crippen LogP contribution < -0.4 is 30.2 Å². The van der Waals surface area contributed by atoms with E-state index in [0.717, 1.165) is 144 Å². The lowest BCUT2D eigenvalue weighted by Gasteiger charge is -2.24. The van der Waals surface area contributed by atoms with Crippen LogP contribution in [0.4, 0.5) is 34.5 Å². The lowest BCUT2D eigenvalue weighted by molar-refractivity contribution is 0.294. The first kappa shape index (κ1) is 60.8. The van der Waals surface area contributed by atoms with Crippen molar-refractivity contribution in [1.29, 1.82) is 0 Å². The van der Waals surface area contributed by atoms with Gasteiger partial charge in [-0.1, -0.05) is 73.9 Å². The second kappa shape index (κ2) is 28.4. The summed E-state index contributed by atoms with van der Waals surface area (Å²) in [6.45, 7) is 10.3. The Morgan fingerprint density at radius 1 is 0.380 bits per heavy atom. The van der Waals surface area contributed by atoms with Crippen molar-refractivity contribution >= 4 is 34.5 Å². The van der Waals surface area contributed by atoms with Crippen LogP contribution in [0, 0.1) is 34.6 Å². The Morgan fingerprint density at radius 2 is 0.793 bits per heavy atom. The molecule has 7 heterocycles. The summed E-state index contributed by atoms with van der Waals surface area (Å²) in [5.74, 6) is 7.84. The van der Waals surface area contributed by atoms with Crippen LogP contribution in [-0.2, 0) is 38.5 Å². The zero-order chi connectivity index (χ0) is 62.8. The topological polar surface area (TPSA) is 169 Å². The van der Waals surface area contributed by atoms with Crippen LogP contribution in [-0.4, -0.2) is 49.3 Å². The molecule has 0 spiro atoms. The van der Waals surface area contributed by atoms with Gasteiger partial charge in [0.2, 0.25) is 17.6 Å². The molecule has 11 aromatic rings.